The standard InChI is InChI=1S/C10H13NO.C9H7NO3/c1-3-10(12)8-6-4-5-7-9(8)11-2;1-10-7-5-3-2-4-6(7)8(11)13-9(10)12/h4-7,11H,3H2,1-2H3;2-5H,1H3. The first kappa shape index (κ1) is 18.2. The first-order valence-electron chi connectivity index (χ1n) is 7.88. The first-order valence-corrected chi connectivity index (χ1v) is 7.88. The second-order valence-electron chi connectivity index (χ2n) is 5.30. The van der Waals surface area contributed by atoms with E-state index in [1.165, 1.54) is 4.57 Å². The quantitative estimate of drug-likeness (QED) is 0.742. The molecule has 0 aliphatic carbocycles. The molecule has 0 atom stereocenters. The van der Waals surface area contributed by atoms with Gasteiger partial charge in [-0.1, -0.05) is 31.2 Å². The first-order chi connectivity index (χ1) is 12.0. The molecule has 0 aliphatic heterocycles. The van der Waals surface area contributed by atoms with Gasteiger partial charge < -0.3 is 9.73 Å². The Kier molecular flexibility index (Phi) is 5.89. The number of Topliss-reactive ketones (excluding diaryl/α,β-unsaturated/α-hetero) is 1. The van der Waals surface area contributed by atoms with Gasteiger partial charge in [0.1, 0.15) is 0 Å². The van der Waals surface area contributed by atoms with Crippen LogP contribution in [0.5, 0.6) is 0 Å². The average molecular weight is 340 g/mol. The molecular formula is C19H20N2O4. The zero-order valence-electron chi connectivity index (χ0n) is 14.4. The number of anilines is 1. The summed E-state index contributed by atoms with van der Waals surface area (Å²) in [5.41, 5.74) is 1.69. The van der Waals surface area contributed by atoms with Crippen molar-refractivity contribution in [2.24, 2.45) is 7.05 Å². The van der Waals surface area contributed by atoms with E-state index in [4.69, 9.17) is 0 Å². The molecule has 25 heavy (non-hydrogen) atoms. The molecule has 0 fully saturated rings. The Morgan fingerprint density at radius 2 is 1.72 bits per heavy atom. The third-order valence-corrected chi connectivity index (χ3v) is 3.76. The molecule has 0 radical (unpaired) electrons. The average Bonchev–Trinajstić information content (AvgIpc) is 2.66. The molecule has 0 bridgehead atoms. The zero-order chi connectivity index (χ0) is 18.4. The van der Waals surface area contributed by atoms with Crippen LogP contribution in [-0.2, 0) is 7.05 Å². The summed E-state index contributed by atoms with van der Waals surface area (Å²) in [5, 5.41) is 3.41. The number of nitrogens with zero attached hydrogens (tertiary/aromatic N) is 1. The molecule has 1 aromatic heterocycles. The van der Waals surface area contributed by atoms with E-state index in [0.29, 0.717) is 17.3 Å². The van der Waals surface area contributed by atoms with Gasteiger partial charge in [-0.3, -0.25) is 9.36 Å². The fourth-order valence-electron chi connectivity index (χ4n) is 2.37. The lowest BCUT2D eigenvalue weighted by Gasteiger charge is -2.05. The minimum atomic E-state index is -0.635. The van der Waals surface area contributed by atoms with Gasteiger partial charge in [0.25, 0.3) is 0 Å². The van der Waals surface area contributed by atoms with Gasteiger partial charge in [-0.15, -0.1) is 0 Å². The molecule has 1 N–H and O–H groups in total. The maximum atomic E-state index is 11.4. The molecule has 0 saturated heterocycles. The number of rotatable bonds is 3. The Hall–Kier alpha value is -3.15. The van der Waals surface area contributed by atoms with E-state index in [9.17, 15) is 14.4 Å². The van der Waals surface area contributed by atoms with Crippen LogP contribution < -0.4 is 16.7 Å². The van der Waals surface area contributed by atoms with Crippen molar-refractivity contribution in [3.63, 3.8) is 0 Å². The molecule has 0 amide bonds. The predicted molar refractivity (Wildman–Crippen MR) is 98.3 cm³/mol. The van der Waals surface area contributed by atoms with Crippen molar-refractivity contribution in [3.8, 4) is 0 Å². The highest BCUT2D eigenvalue weighted by Gasteiger charge is 2.06. The maximum absolute atomic E-state index is 11.4. The maximum Gasteiger partial charge on any atom is 0.422 e. The third-order valence-electron chi connectivity index (χ3n) is 3.76. The van der Waals surface area contributed by atoms with Crippen LogP contribution in [0.1, 0.15) is 23.7 Å². The number of hydrogen-bond acceptors (Lipinski definition) is 5. The minimum absolute atomic E-state index is 0.181. The van der Waals surface area contributed by atoms with Crippen molar-refractivity contribution >= 4 is 22.4 Å². The molecule has 3 aromatic rings. The van der Waals surface area contributed by atoms with Gasteiger partial charge in [-0.25, -0.2) is 9.59 Å². The molecule has 0 aliphatic rings. The van der Waals surface area contributed by atoms with Crippen LogP contribution in [0.15, 0.2) is 62.5 Å². The smallest absolute Gasteiger partial charge is 0.388 e. The zero-order valence-corrected chi connectivity index (χ0v) is 14.4. The number of nitrogens with one attached hydrogen (secondary N) is 1. The molecule has 0 saturated carbocycles. The van der Waals surface area contributed by atoms with Crippen LogP contribution in [0.2, 0.25) is 0 Å². The number of aromatic nitrogens is 1. The summed E-state index contributed by atoms with van der Waals surface area (Å²) in [4.78, 5) is 33.6. The summed E-state index contributed by atoms with van der Waals surface area (Å²) in [7, 11) is 3.38. The van der Waals surface area contributed by atoms with Crippen LogP contribution in [-0.4, -0.2) is 17.4 Å². The van der Waals surface area contributed by atoms with Crippen LogP contribution in [0.25, 0.3) is 10.9 Å². The van der Waals surface area contributed by atoms with Gasteiger partial charge in [0, 0.05) is 31.8 Å². The second kappa shape index (κ2) is 8.10. The summed E-state index contributed by atoms with van der Waals surface area (Å²) < 4.78 is 5.78. The van der Waals surface area contributed by atoms with Gasteiger partial charge in [-0.05, 0) is 24.3 Å². The van der Waals surface area contributed by atoms with Crippen molar-refractivity contribution in [3.05, 3.63) is 75.1 Å². The molecule has 0 spiro atoms. The monoisotopic (exact) mass is 340 g/mol. The van der Waals surface area contributed by atoms with Crippen LogP contribution in [0.4, 0.5) is 5.69 Å². The summed E-state index contributed by atoms with van der Waals surface area (Å²) in [6.07, 6.45) is 0.554. The summed E-state index contributed by atoms with van der Waals surface area (Å²) in [5.74, 6) is -0.455. The van der Waals surface area contributed by atoms with Gasteiger partial charge in [-0.2, -0.15) is 0 Å². The van der Waals surface area contributed by atoms with Crippen molar-refractivity contribution in [1.29, 1.82) is 0 Å². The largest absolute Gasteiger partial charge is 0.422 e. The number of carbonyl (C=O) groups excluding carboxylic acids is 1. The van der Waals surface area contributed by atoms with E-state index in [1.54, 1.807) is 31.3 Å². The Labute approximate surface area is 144 Å². The van der Waals surface area contributed by atoms with E-state index in [0.717, 1.165) is 11.3 Å². The summed E-state index contributed by atoms with van der Waals surface area (Å²) >= 11 is 0. The normalized spacial score (nSPS) is 10.0. The van der Waals surface area contributed by atoms with E-state index in [1.807, 2.05) is 38.2 Å². The molecule has 2 aromatic carbocycles. The number of benzene rings is 2. The Bertz CT molecular complexity index is 1000. The summed E-state index contributed by atoms with van der Waals surface area (Å²) in [6, 6.07) is 14.4. The van der Waals surface area contributed by atoms with Crippen LogP contribution >= 0.6 is 0 Å². The topological polar surface area (TPSA) is 81.3 Å². The lowest BCUT2D eigenvalue weighted by Crippen LogP contribution is -2.22. The fourth-order valence-corrected chi connectivity index (χ4v) is 2.37. The van der Waals surface area contributed by atoms with Crippen molar-refractivity contribution in [2.75, 3.05) is 12.4 Å². The fraction of sp³-hybridized carbons (Fsp3) is 0.211. The van der Waals surface area contributed by atoms with Crippen LogP contribution in [0, 0.1) is 0 Å². The van der Waals surface area contributed by atoms with Crippen LogP contribution in [0.3, 0.4) is 0 Å². The highest BCUT2D eigenvalue weighted by atomic mass is 16.4. The molecule has 0 unspecified atom stereocenters. The van der Waals surface area contributed by atoms with Gasteiger partial charge >= 0.3 is 11.4 Å². The molecule has 6 nitrogen and oxygen atoms in total. The third kappa shape index (κ3) is 4.03. The number of carbonyl (C=O) groups is 1. The van der Waals surface area contributed by atoms with E-state index < -0.39 is 11.4 Å². The number of hydrogen-bond donors (Lipinski definition) is 1. The van der Waals surface area contributed by atoms with Crippen molar-refractivity contribution in [1.82, 2.24) is 4.57 Å². The lowest BCUT2D eigenvalue weighted by molar-refractivity contribution is 0.0989. The van der Waals surface area contributed by atoms with Crippen molar-refractivity contribution < 1.29 is 9.21 Å². The van der Waals surface area contributed by atoms with E-state index in [2.05, 4.69) is 9.73 Å². The van der Waals surface area contributed by atoms with Gasteiger partial charge in [0.05, 0.1) is 10.9 Å². The SMILES string of the molecule is CCC(=O)c1ccccc1NC.Cn1c(=O)oc(=O)c2ccccc21. The Morgan fingerprint density at radius 1 is 1.08 bits per heavy atom. The number of fused-ring (bicyclic) bond motifs is 1. The van der Waals surface area contributed by atoms with E-state index >= 15 is 0 Å². The van der Waals surface area contributed by atoms with Gasteiger partial charge in [0.15, 0.2) is 5.78 Å². The molecule has 3 rings (SSSR count). The summed E-state index contributed by atoms with van der Waals surface area (Å²) in [6.45, 7) is 1.87. The molecule has 130 valence electrons. The highest BCUT2D eigenvalue weighted by molar-refractivity contribution is 6.00. The van der Waals surface area contributed by atoms with Gasteiger partial charge in [0.2, 0.25) is 0 Å². The lowest BCUT2D eigenvalue weighted by atomic mass is 10.1. The highest BCUT2D eigenvalue weighted by Crippen LogP contribution is 2.15. The Morgan fingerprint density at radius 3 is 2.40 bits per heavy atom. The predicted octanol–water partition coefficient (Wildman–Crippen LogP) is 2.81. The number of aryl methyl sites for hydroxylation is 1. The number of ketones is 1. The molecule has 1 heterocycles. The minimum Gasteiger partial charge on any atom is -0.388 e. The molecular weight excluding hydrogens is 320 g/mol. The Balaban J connectivity index is 0.000000181. The molecule has 6 heteroatoms. The number of para-hydroxylation sites is 2. The van der Waals surface area contributed by atoms with E-state index in [-0.39, 0.29) is 5.78 Å². The van der Waals surface area contributed by atoms with Crippen molar-refractivity contribution in [2.45, 2.75) is 13.3 Å². The second-order valence-corrected chi connectivity index (χ2v) is 5.30.